The summed E-state index contributed by atoms with van der Waals surface area (Å²) in [5.74, 6) is -1.12. The zero-order valence-electron chi connectivity index (χ0n) is 17.8. The molecule has 3 aromatic rings. The molecular weight excluding hydrogens is 525 g/mol. The number of hydrogen-bond donors (Lipinski definition) is 0. The van der Waals surface area contributed by atoms with Gasteiger partial charge in [0.05, 0.1) is 28.6 Å². The first-order valence-electron chi connectivity index (χ1n) is 10.0. The minimum absolute atomic E-state index is 0.157. The molecule has 1 heterocycles. The molecule has 0 saturated carbocycles. The Labute approximate surface area is 207 Å². The smallest absolute Gasteiger partial charge is 0.343 e. The van der Waals surface area contributed by atoms with E-state index in [-0.39, 0.29) is 28.5 Å². The van der Waals surface area contributed by atoms with E-state index in [0.717, 1.165) is 16.7 Å². The number of amides is 2. The van der Waals surface area contributed by atoms with Crippen molar-refractivity contribution in [2.75, 3.05) is 7.11 Å². The van der Waals surface area contributed by atoms with Gasteiger partial charge in [-0.15, -0.1) is 0 Å². The molecule has 6 nitrogen and oxygen atoms in total. The summed E-state index contributed by atoms with van der Waals surface area (Å²) in [4.78, 5) is 38.9. The third kappa shape index (κ3) is 5.05. The molecule has 0 unspecified atom stereocenters. The number of ether oxygens (including phenoxy) is 2. The van der Waals surface area contributed by atoms with Crippen molar-refractivity contribution in [3.8, 4) is 11.5 Å². The van der Waals surface area contributed by atoms with Crippen molar-refractivity contribution >= 4 is 50.9 Å². The van der Waals surface area contributed by atoms with Gasteiger partial charge in [-0.25, -0.2) is 9.18 Å². The van der Waals surface area contributed by atoms with Gasteiger partial charge in [-0.1, -0.05) is 36.4 Å². The van der Waals surface area contributed by atoms with E-state index in [2.05, 4.69) is 15.9 Å². The second-order valence-corrected chi connectivity index (χ2v) is 9.00. The highest BCUT2D eigenvalue weighted by molar-refractivity contribution is 9.10. The maximum Gasteiger partial charge on any atom is 0.343 e. The summed E-state index contributed by atoms with van der Waals surface area (Å²) in [6.45, 7) is -0.157. The standard InChI is InChI=1S/C25H17BrFNO5S/c1-32-20-12-15(11-18(26)22(20)33-24(30)16-7-3-2-4-8-16)13-21-23(29)28(25(31)34-21)14-17-9-5-6-10-19(17)27/h2-13H,14H2,1H3/b21-13-. The van der Waals surface area contributed by atoms with Crippen LogP contribution < -0.4 is 9.47 Å². The molecule has 1 fully saturated rings. The van der Waals surface area contributed by atoms with Gasteiger partial charge in [0.15, 0.2) is 11.5 Å². The van der Waals surface area contributed by atoms with Crippen molar-refractivity contribution in [3.63, 3.8) is 0 Å². The second-order valence-electron chi connectivity index (χ2n) is 7.15. The van der Waals surface area contributed by atoms with Crippen molar-refractivity contribution in [1.29, 1.82) is 0 Å². The van der Waals surface area contributed by atoms with E-state index in [9.17, 15) is 18.8 Å². The molecule has 3 aromatic carbocycles. The number of imide groups is 1. The molecule has 0 aliphatic carbocycles. The summed E-state index contributed by atoms with van der Waals surface area (Å²) in [6, 6.07) is 17.7. The predicted octanol–water partition coefficient (Wildman–Crippen LogP) is 6.05. The van der Waals surface area contributed by atoms with Crippen LogP contribution in [0.25, 0.3) is 6.08 Å². The molecular formula is C25H17BrFNO5S. The highest BCUT2D eigenvalue weighted by Crippen LogP contribution is 2.39. The number of carbonyl (C=O) groups is 3. The van der Waals surface area contributed by atoms with E-state index in [1.54, 1.807) is 54.6 Å². The van der Waals surface area contributed by atoms with Crippen LogP contribution in [0.1, 0.15) is 21.5 Å². The van der Waals surface area contributed by atoms with Crippen LogP contribution in [0.5, 0.6) is 11.5 Å². The Bertz CT molecular complexity index is 1310. The van der Waals surface area contributed by atoms with Gasteiger partial charge < -0.3 is 9.47 Å². The van der Waals surface area contributed by atoms with Crippen molar-refractivity contribution in [2.45, 2.75) is 6.54 Å². The fraction of sp³-hybridized carbons (Fsp3) is 0.0800. The van der Waals surface area contributed by atoms with Crippen molar-refractivity contribution in [2.24, 2.45) is 0 Å². The molecule has 2 amide bonds. The summed E-state index contributed by atoms with van der Waals surface area (Å²) in [5, 5.41) is -0.487. The molecule has 0 spiro atoms. The quantitative estimate of drug-likeness (QED) is 0.215. The molecule has 1 aliphatic rings. The van der Waals surface area contributed by atoms with Crippen LogP contribution in [0.15, 0.2) is 76.1 Å². The Kier molecular flexibility index (Phi) is 7.14. The van der Waals surface area contributed by atoms with Gasteiger partial charge in [0.2, 0.25) is 0 Å². The summed E-state index contributed by atoms with van der Waals surface area (Å²) >= 11 is 4.15. The molecule has 0 N–H and O–H groups in total. The average Bonchev–Trinajstić information content (AvgIpc) is 3.09. The lowest BCUT2D eigenvalue weighted by Crippen LogP contribution is -2.27. The Morgan fingerprint density at radius 3 is 2.50 bits per heavy atom. The van der Waals surface area contributed by atoms with Crippen LogP contribution in [0.4, 0.5) is 9.18 Å². The lowest BCUT2D eigenvalue weighted by Gasteiger charge is -2.13. The van der Waals surface area contributed by atoms with Crippen molar-refractivity contribution in [1.82, 2.24) is 4.90 Å². The Morgan fingerprint density at radius 1 is 1.09 bits per heavy atom. The maximum atomic E-state index is 14.0. The number of carbonyl (C=O) groups excluding carboxylic acids is 3. The second kappa shape index (κ2) is 10.2. The monoisotopic (exact) mass is 541 g/mol. The van der Waals surface area contributed by atoms with Crippen LogP contribution in [0.2, 0.25) is 0 Å². The molecule has 172 valence electrons. The van der Waals surface area contributed by atoms with Gasteiger partial charge in [0.1, 0.15) is 5.82 Å². The molecule has 4 rings (SSSR count). The third-order valence-electron chi connectivity index (χ3n) is 4.91. The summed E-state index contributed by atoms with van der Waals surface area (Å²) in [5.41, 5.74) is 1.17. The highest BCUT2D eigenvalue weighted by atomic mass is 79.9. The number of rotatable bonds is 6. The van der Waals surface area contributed by atoms with Crippen LogP contribution in [-0.2, 0) is 11.3 Å². The zero-order valence-corrected chi connectivity index (χ0v) is 20.2. The normalized spacial score (nSPS) is 14.6. The molecule has 1 aliphatic heterocycles. The minimum Gasteiger partial charge on any atom is -0.493 e. The topological polar surface area (TPSA) is 72.9 Å². The molecule has 0 radical (unpaired) electrons. The third-order valence-corrected chi connectivity index (χ3v) is 6.41. The van der Waals surface area contributed by atoms with E-state index in [4.69, 9.17) is 9.47 Å². The van der Waals surface area contributed by atoms with Crippen LogP contribution in [0, 0.1) is 5.82 Å². The van der Waals surface area contributed by atoms with Gasteiger partial charge in [-0.2, -0.15) is 0 Å². The molecule has 0 aromatic heterocycles. The largest absolute Gasteiger partial charge is 0.493 e. The maximum absolute atomic E-state index is 14.0. The van der Waals surface area contributed by atoms with Crippen molar-refractivity contribution in [3.05, 3.63) is 98.6 Å². The molecule has 0 atom stereocenters. The number of esters is 1. The van der Waals surface area contributed by atoms with Gasteiger partial charge in [0, 0.05) is 5.56 Å². The fourth-order valence-electron chi connectivity index (χ4n) is 3.23. The first-order valence-corrected chi connectivity index (χ1v) is 11.6. The lowest BCUT2D eigenvalue weighted by molar-refractivity contribution is -0.123. The Morgan fingerprint density at radius 2 is 1.79 bits per heavy atom. The molecule has 9 heteroatoms. The zero-order chi connectivity index (χ0) is 24.2. The Hall–Kier alpha value is -3.43. The summed E-state index contributed by atoms with van der Waals surface area (Å²) < 4.78 is 25.3. The van der Waals surface area contributed by atoms with E-state index < -0.39 is 22.9 Å². The first-order chi connectivity index (χ1) is 16.4. The molecule has 0 bridgehead atoms. The number of nitrogens with zero attached hydrogens (tertiary/aromatic N) is 1. The number of benzene rings is 3. The van der Waals surface area contributed by atoms with Crippen LogP contribution >= 0.6 is 27.7 Å². The number of hydrogen-bond acceptors (Lipinski definition) is 6. The number of halogens is 2. The lowest BCUT2D eigenvalue weighted by atomic mass is 10.1. The van der Waals surface area contributed by atoms with E-state index in [0.29, 0.717) is 15.6 Å². The van der Waals surface area contributed by atoms with Gasteiger partial charge in [0.25, 0.3) is 11.1 Å². The van der Waals surface area contributed by atoms with E-state index in [1.165, 1.54) is 25.3 Å². The van der Waals surface area contributed by atoms with Gasteiger partial charge in [-0.05, 0) is 69.7 Å². The van der Waals surface area contributed by atoms with Crippen molar-refractivity contribution < 1.29 is 28.2 Å². The van der Waals surface area contributed by atoms with Crippen LogP contribution in [-0.4, -0.2) is 29.1 Å². The minimum atomic E-state index is -0.554. The SMILES string of the molecule is COc1cc(/C=C2\SC(=O)N(Cc3ccccc3F)C2=O)cc(Br)c1OC(=O)c1ccccc1. The molecule has 34 heavy (non-hydrogen) atoms. The van der Waals surface area contributed by atoms with Gasteiger partial charge >= 0.3 is 5.97 Å². The van der Waals surface area contributed by atoms with E-state index >= 15 is 0 Å². The predicted molar refractivity (Wildman–Crippen MR) is 130 cm³/mol. The average molecular weight is 542 g/mol. The fourth-order valence-corrected chi connectivity index (χ4v) is 4.61. The summed E-state index contributed by atoms with van der Waals surface area (Å²) in [6.07, 6.45) is 1.53. The first kappa shape index (κ1) is 23.7. The summed E-state index contributed by atoms with van der Waals surface area (Å²) in [7, 11) is 1.42. The van der Waals surface area contributed by atoms with Gasteiger partial charge in [-0.3, -0.25) is 14.5 Å². The van der Waals surface area contributed by atoms with E-state index in [1.807, 2.05) is 0 Å². The molecule has 1 saturated heterocycles. The van der Waals surface area contributed by atoms with Crippen LogP contribution in [0.3, 0.4) is 0 Å². The number of thioether (sulfide) groups is 1. The highest BCUT2D eigenvalue weighted by Gasteiger charge is 2.35. The Balaban J connectivity index is 1.57. The number of methoxy groups -OCH3 is 1.